The topological polar surface area (TPSA) is 63.6 Å². The highest BCUT2D eigenvalue weighted by Gasteiger charge is 2.55. The molecule has 0 saturated heterocycles. The van der Waals surface area contributed by atoms with Crippen LogP contribution < -0.4 is 0 Å². The lowest BCUT2D eigenvalue weighted by Gasteiger charge is -2.33. The maximum atomic E-state index is 11.8. The Kier molecular flexibility index (Phi) is 2.10. The minimum absolute atomic E-state index is 0.0774. The molecule has 2 saturated carbocycles. The van der Waals surface area contributed by atoms with Crippen molar-refractivity contribution in [3.05, 3.63) is 0 Å². The summed E-state index contributed by atoms with van der Waals surface area (Å²) in [5, 5.41) is 9.55. The average molecular weight is 198 g/mol. The van der Waals surface area contributed by atoms with Gasteiger partial charge in [0, 0.05) is 12.8 Å². The van der Waals surface area contributed by atoms with E-state index in [1.807, 2.05) is 0 Å². The van der Waals surface area contributed by atoms with Crippen molar-refractivity contribution < 1.29 is 19.4 Å². The van der Waals surface area contributed by atoms with Gasteiger partial charge in [-0.2, -0.15) is 0 Å². The summed E-state index contributed by atoms with van der Waals surface area (Å²) in [6.45, 7) is 1.32. The predicted molar refractivity (Wildman–Crippen MR) is 47.5 cm³/mol. The van der Waals surface area contributed by atoms with Crippen LogP contribution in [0.15, 0.2) is 0 Å². The second-order valence-corrected chi connectivity index (χ2v) is 4.20. The van der Waals surface area contributed by atoms with E-state index in [1.54, 1.807) is 0 Å². The molecule has 0 heterocycles. The van der Waals surface area contributed by atoms with Crippen LogP contribution in [-0.2, 0) is 14.3 Å². The van der Waals surface area contributed by atoms with Crippen molar-refractivity contribution in [2.75, 3.05) is 0 Å². The van der Waals surface area contributed by atoms with Crippen molar-refractivity contribution in [2.45, 2.75) is 44.3 Å². The second kappa shape index (κ2) is 3.05. The van der Waals surface area contributed by atoms with Gasteiger partial charge >= 0.3 is 5.97 Å². The van der Waals surface area contributed by atoms with Gasteiger partial charge in [0.1, 0.15) is 0 Å². The highest BCUT2D eigenvalue weighted by molar-refractivity contribution is 5.94. The molecule has 2 bridgehead atoms. The largest absolute Gasteiger partial charge is 0.451 e. The Balaban J connectivity index is 2.22. The van der Waals surface area contributed by atoms with Gasteiger partial charge < -0.3 is 9.84 Å². The number of hydrogen-bond donors (Lipinski definition) is 1. The van der Waals surface area contributed by atoms with Crippen LogP contribution in [0.5, 0.6) is 0 Å². The Hall–Kier alpha value is -0.900. The number of aliphatic hydroxyl groups is 1. The van der Waals surface area contributed by atoms with E-state index in [9.17, 15) is 14.7 Å². The Morgan fingerprint density at radius 3 is 2.79 bits per heavy atom. The molecule has 4 nitrogen and oxygen atoms in total. The van der Waals surface area contributed by atoms with Gasteiger partial charge in [-0.15, -0.1) is 0 Å². The van der Waals surface area contributed by atoms with Crippen molar-refractivity contribution >= 4 is 11.8 Å². The van der Waals surface area contributed by atoms with Crippen molar-refractivity contribution in [1.29, 1.82) is 0 Å². The standard InChI is InChI=1S/C10H14O4/c1-6(11)14-10-4-2-7(9(10)13)8(12)3-5-10/h7-8,12H,2-5H2,1H3/t7-,8-,10+/m0/s1. The predicted octanol–water partition coefficient (Wildman–Crippen LogP) is 0.422. The van der Waals surface area contributed by atoms with Gasteiger partial charge in [-0.05, 0) is 25.7 Å². The number of esters is 1. The molecule has 2 fully saturated rings. The Bertz CT molecular complexity index is 286. The van der Waals surface area contributed by atoms with Gasteiger partial charge in [0.05, 0.1) is 6.10 Å². The SMILES string of the molecule is CC(=O)O[C@@]12CC[C@H](C1=O)[C@@H](O)CC2. The highest BCUT2D eigenvalue weighted by Crippen LogP contribution is 2.44. The molecule has 3 atom stereocenters. The van der Waals surface area contributed by atoms with E-state index in [-0.39, 0.29) is 11.7 Å². The van der Waals surface area contributed by atoms with Gasteiger partial charge in [-0.1, -0.05) is 0 Å². The van der Waals surface area contributed by atoms with Gasteiger partial charge in [0.2, 0.25) is 0 Å². The molecule has 0 aromatic rings. The normalized spacial score (nSPS) is 41.1. The van der Waals surface area contributed by atoms with E-state index in [1.165, 1.54) is 6.92 Å². The van der Waals surface area contributed by atoms with Crippen molar-refractivity contribution in [3.63, 3.8) is 0 Å². The first kappa shape index (κ1) is 9.65. The van der Waals surface area contributed by atoms with Crippen LogP contribution >= 0.6 is 0 Å². The number of fused-ring (bicyclic) bond motifs is 2. The molecule has 0 amide bonds. The van der Waals surface area contributed by atoms with Crippen molar-refractivity contribution in [1.82, 2.24) is 0 Å². The lowest BCUT2D eigenvalue weighted by atomic mass is 9.82. The Morgan fingerprint density at radius 1 is 1.50 bits per heavy atom. The molecule has 78 valence electrons. The maximum Gasteiger partial charge on any atom is 0.303 e. The third-order valence-corrected chi connectivity index (χ3v) is 3.29. The minimum atomic E-state index is -0.893. The first-order valence-electron chi connectivity index (χ1n) is 4.97. The lowest BCUT2D eigenvalue weighted by Crippen LogP contribution is -2.47. The van der Waals surface area contributed by atoms with E-state index >= 15 is 0 Å². The first-order chi connectivity index (χ1) is 6.55. The summed E-state index contributed by atoms with van der Waals surface area (Å²) < 4.78 is 5.13. The van der Waals surface area contributed by atoms with Crippen LogP contribution in [0.2, 0.25) is 0 Å². The number of ether oxygens (including phenoxy) is 1. The fraction of sp³-hybridized carbons (Fsp3) is 0.800. The third-order valence-electron chi connectivity index (χ3n) is 3.29. The molecular weight excluding hydrogens is 184 g/mol. The van der Waals surface area contributed by atoms with Gasteiger partial charge in [0.15, 0.2) is 11.4 Å². The molecule has 0 aromatic heterocycles. The maximum absolute atomic E-state index is 11.8. The van der Waals surface area contributed by atoms with Crippen LogP contribution in [0, 0.1) is 5.92 Å². The summed E-state index contributed by atoms with van der Waals surface area (Å²) in [6.07, 6.45) is 1.72. The quantitative estimate of drug-likeness (QED) is 0.620. The molecule has 2 rings (SSSR count). The summed E-state index contributed by atoms with van der Waals surface area (Å²) in [6, 6.07) is 0. The molecule has 0 aliphatic heterocycles. The van der Waals surface area contributed by atoms with E-state index in [4.69, 9.17) is 4.74 Å². The number of ketones is 1. The molecule has 1 N–H and O–H groups in total. The summed E-state index contributed by atoms with van der Waals surface area (Å²) in [4.78, 5) is 22.7. The Morgan fingerprint density at radius 2 is 2.14 bits per heavy atom. The molecule has 0 aromatic carbocycles. The molecule has 4 heteroatoms. The molecule has 2 aliphatic carbocycles. The zero-order valence-electron chi connectivity index (χ0n) is 8.16. The van der Waals surface area contributed by atoms with Crippen LogP contribution in [0.4, 0.5) is 0 Å². The third kappa shape index (κ3) is 1.25. The molecule has 0 radical (unpaired) electrons. The van der Waals surface area contributed by atoms with Crippen LogP contribution in [0.25, 0.3) is 0 Å². The second-order valence-electron chi connectivity index (χ2n) is 4.20. The van der Waals surface area contributed by atoms with Crippen molar-refractivity contribution in [2.24, 2.45) is 5.92 Å². The van der Waals surface area contributed by atoms with Crippen molar-refractivity contribution in [3.8, 4) is 0 Å². The molecular formula is C10H14O4. The van der Waals surface area contributed by atoms with Gasteiger partial charge in [-0.25, -0.2) is 0 Å². The number of hydrogen-bond acceptors (Lipinski definition) is 4. The molecule has 0 unspecified atom stereocenters. The van der Waals surface area contributed by atoms with Crippen LogP contribution in [0.3, 0.4) is 0 Å². The average Bonchev–Trinajstić information content (AvgIpc) is 2.29. The molecule has 0 spiro atoms. The summed E-state index contributed by atoms with van der Waals surface area (Å²) >= 11 is 0. The minimum Gasteiger partial charge on any atom is -0.451 e. The van der Waals surface area contributed by atoms with E-state index < -0.39 is 17.7 Å². The van der Waals surface area contributed by atoms with E-state index in [0.29, 0.717) is 25.7 Å². The monoisotopic (exact) mass is 198 g/mol. The molecule has 14 heavy (non-hydrogen) atoms. The number of Topliss-reactive ketones (excluding diaryl/α,β-unsaturated/α-hetero) is 1. The summed E-state index contributed by atoms with van der Waals surface area (Å²) in [7, 11) is 0. The number of carbonyl (C=O) groups is 2. The number of rotatable bonds is 1. The van der Waals surface area contributed by atoms with Crippen LogP contribution in [0.1, 0.15) is 32.6 Å². The zero-order valence-corrected chi connectivity index (χ0v) is 8.16. The summed E-state index contributed by atoms with van der Waals surface area (Å²) in [5.41, 5.74) is -0.893. The lowest BCUT2D eigenvalue weighted by molar-refractivity contribution is -0.169. The van der Waals surface area contributed by atoms with Crippen LogP contribution in [-0.4, -0.2) is 28.6 Å². The zero-order chi connectivity index (χ0) is 10.3. The smallest absolute Gasteiger partial charge is 0.303 e. The summed E-state index contributed by atoms with van der Waals surface area (Å²) in [5.74, 6) is -0.787. The Labute approximate surface area is 82.2 Å². The fourth-order valence-electron chi connectivity index (χ4n) is 2.61. The van der Waals surface area contributed by atoms with E-state index in [0.717, 1.165) is 0 Å². The van der Waals surface area contributed by atoms with Gasteiger partial charge in [-0.3, -0.25) is 9.59 Å². The molecule has 2 aliphatic rings. The van der Waals surface area contributed by atoms with Gasteiger partial charge in [0.25, 0.3) is 0 Å². The van der Waals surface area contributed by atoms with E-state index in [2.05, 4.69) is 0 Å². The fourth-order valence-corrected chi connectivity index (χ4v) is 2.61. The number of carbonyl (C=O) groups excluding carboxylic acids is 2. The number of aliphatic hydroxyl groups excluding tert-OH is 1. The first-order valence-corrected chi connectivity index (χ1v) is 4.97. The highest BCUT2D eigenvalue weighted by atomic mass is 16.6.